The van der Waals surface area contributed by atoms with Crippen molar-refractivity contribution in [1.29, 1.82) is 0 Å². The van der Waals surface area contributed by atoms with Crippen LogP contribution >= 0.6 is 0 Å². The normalized spacial score (nSPS) is 27.6. The predicted octanol–water partition coefficient (Wildman–Crippen LogP) is 1.13. The largest absolute Gasteiger partial charge is 0.465 e. The van der Waals surface area contributed by atoms with Crippen LogP contribution in [-0.4, -0.2) is 23.1 Å². The van der Waals surface area contributed by atoms with Crippen LogP contribution in [0.1, 0.15) is 18.5 Å². The van der Waals surface area contributed by atoms with Crippen molar-refractivity contribution in [1.82, 2.24) is 10.6 Å². The van der Waals surface area contributed by atoms with Crippen molar-refractivity contribution < 1.29 is 14.7 Å². The zero-order valence-electron chi connectivity index (χ0n) is 9.38. The van der Waals surface area contributed by atoms with Gasteiger partial charge in [-0.25, -0.2) is 4.79 Å². The third kappa shape index (κ3) is 2.22. The van der Waals surface area contributed by atoms with Crippen LogP contribution in [0.5, 0.6) is 0 Å². The lowest BCUT2D eigenvalue weighted by molar-refractivity contribution is -0.122. The van der Waals surface area contributed by atoms with Crippen LogP contribution in [0.15, 0.2) is 30.3 Å². The molecule has 5 nitrogen and oxygen atoms in total. The second-order valence-corrected chi connectivity index (χ2v) is 4.16. The monoisotopic (exact) mass is 234 g/mol. The van der Waals surface area contributed by atoms with Gasteiger partial charge in [-0.1, -0.05) is 37.3 Å². The van der Waals surface area contributed by atoms with Gasteiger partial charge in [0.05, 0.1) is 18.0 Å². The summed E-state index contributed by atoms with van der Waals surface area (Å²) in [7, 11) is 0. The summed E-state index contributed by atoms with van der Waals surface area (Å²) in [6.07, 6.45) is -1.11. The van der Waals surface area contributed by atoms with Gasteiger partial charge < -0.3 is 15.7 Å². The molecule has 1 fully saturated rings. The van der Waals surface area contributed by atoms with Crippen molar-refractivity contribution >= 4 is 12.0 Å². The Morgan fingerprint density at radius 2 is 2.00 bits per heavy atom. The molecule has 0 bridgehead atoms. The highest BCUT2D eigenvalue weighted by atomic mass is 16.4. The molecule has 0 aromatic heterocycles. The maximum absolute atomic E-state index is 11.6. The van der Waals surface area contributed by atoms with Crippen molar-refractivity contribution in [3.8, 4) is 0 Å². The number of hydrogen-bond acceptors (Lipinski definition) is 2. The van der Waals surface area contributed by atoms with Crippen LogP contribution < -0.4 is 10.6 Å². The molecule has 0 saturated carbocycles. The Balaban J connectivity index is 2.26. The van der Waals surface area contributed by atoms with Crippen LogP contribution in [0.4, 0.5) is 4.79 Å². The number of rotatable bonds is 2. The Bertz CT molecular complexity index is 433. The van der Waals surface area contributed by atoms with Gasteiger partial charge in [0.1, 0.15) is 0 Å². The molecular weight excluding hydrogens is 220 g/mol. The van der Waals surface area contributed by atoms with Crippen molar-refractivity contribution in [2.75, 3.05) is 0 Å². The van der Waals surface area contributed by atoms with Gasteiger partial charge in [0.25, 0.3) is 0 Å². The average molecular weight is 234 g/mol. The van der Waals surface area contributed by atoms with E-state index in [9.17, 15) is 9.59 Å². The number of hydrogen-bond donors (Lipinski definition) is 3. The fourth-order valence-corrected chi connectivity index (χ4v) is 2.13. The second-order valence-electron chi connectivity index (χ2n) is 4.16. The summed E-state index contributed by atoms with van der Waals surface area (Å²) in [6.45, 7) is 1.72. The van der Waals surface area contributed by atoms with Gasteiger partial charge >= 0.3 is 6.09 Å². The first-order valence-corrected chi connectivity index (χ1v) is 5.44. The number of carboxylic acid groups (broad SMARTS) is 1. The molecule has 0 aliphatic carbocycles. The lowest BCUT2D eigenvalue weighted by Crippen LogP contribution is -2.40. The number of benzene rings is 1. The van der Waals surface area contributed by atoms with E-state index in [1.807, 2.05) is 30.3 Å². The highest BCUT2D eigenvalue weighted by molar-refractivity contribution is 5.83. The Morgan fingerprint density at radius 1 is 1.35 bits per heavy atom. The van der Waals surface area contributed by atoms with E-state index in [0.29, 0.717) is 0 Å². The van der Waals surface area contributed by atoms with E-state index in [-0.39, 0.29) is 17.9 Å². The molecule has 3 unspecified atom stereocenters. The van der Waals surface area contributed by atoms with E-state index in [1.165, 1.54) is 0 Å². The predicted molar refractivity (Wildman–Crippen MR) is 61.4 cm³/mol. The van der Waals surface area contributed by atoms with Gasteiger partial charge in [-0.3, -0.25) is 4.79 Å². The summed E-state index contributed by atoms with van der Waals surface area (Å²) in [5.41, 5.74) is 0.906. The Hall–Kier alpha value is -2.04. The van der Waals surface area contributed by atoms with Crippen LogP contribution in [0.3, 0.4) is 0 Å². The molecule has 0 spiro atoms. The molecular formula is C12H14N2O3. The Morgan fingerprint density at radius 3 is 2.59 bits per heavy atom. The zero-order valence-corrected chi connectivity index (χ0v) is 9.38. The van der Waals surface area contributed by atoms with Crippen LogP contribution in [-0.2, 0) is 4.79 Å². The van der Waals surface area contributed by atoms with Crippen molar-refractivity contribution in [2.45, 2.75) is 19.0 Å². The van der Waals surface area contributed by atoms with E-state index in [0.717, 1.165) is 5.56 Å². The third-order valence-corrected chi connectivity index (χ3v) is 3.06. The molecule has 3 N–H and O–H groups in total. The van der Waals surface area contributed by atoms with E-state index < -0.39 is 12.1 Å². The maximum atomic E-state index is 11.6. The number of amides is 2. The van der Waals surface area contributed by atoms with E-state index in [4.69, 9.17) is 5.11 Å². The lowest BCUT2D eigenvalue weighted by Gasteiger charge is -2.21. The number of carbonyl (C=O) groups excluding carboxylic acids is 1. The molecule has 90 valence electrons. The summed E-state index contributed by atoms with van der Waals surface area (Å²) in [5, 5.41) is 14.0. The Kier molecular flexibility index (Phi) is 2.99. The van der Waals surface area contributed by atoms with Crippen molar-refractivity contribution in [3.05, 3.63) is 35.9 Å². The van der Waals surface area contributed by atoms with E-state index >= 15 is 0 Å². The third-order valence-electron chi connectivity index (χ3n) is 3.06. The maximum Gasteiger partial charge on any atom is 0.404 e. The highest BCUT2D eigenvalue weighted by Gasteiger charge is 2.40. The molecule has 1 aliphatic rings. The molecule has 5 heteroatoms. The SMILES string of the molecule is CC1C(=O)NC(c2ccccc2)C1NC(=O)O. The van der Waals surface area contributed by atoms with Gasteiger partial charge in [0, 0.05) is 0 Å². The summed E-state index contributed by atoms with van der Waals surface area (Å²) < 4.78 is 0. The standard InChI is InChI=1S/C12H14N2O3/c1-7-9(14-12(16)17)10(13-11(7)15)8-5-3-2-4-6-8/h2-7,9-10,14H,1H3,(H,13,15)(H,16,17). The molecule has 0 radical (unpaired) electrons. The van der Waals surface area contributed by atoms with Gasteiger partial charge in [-0.15, -0.1) is 0 Å². The molecule has 3 atom stereocenters. The summed E-state index contributed by atoms with van der Waals surface area (Å²) in [6, 6.07) is 8.63. The fourth-order valence-electron chi connectivity index (χ4n) is 2.13. The lowest BCUT2D eigenvalue weighted by atomic mass is 9.95. The van der Waals surface area contributed by atoms with Crippen LogP contribution in [0, 0.1) is 5.92 Å². The van der Waals surface area contributed by atoms with Crippen molar-refractivity contribution in [3.63, 3.8) is 0 Å². The minimum Gasteiger partial charge on any atom is -0.465 e. The molecule has 1 aromatic carbocycles. The molecule has 1 aliphatic heterocycles. The molecule has 2 amide bonds. The van der Waals surface area contributed by atoms with E-state index in [1.54, 1.807) is 6.92 Å². The number of carbonyl (C=O) groups is 2. The molecule has 17 heavy (non-hydrogen) atoms. The van der Waals surface area contributed by atoms with Gasteiger partial charge in [-0.05, 0) is 5.56 Å². The summed E-state index contributed by atoms with van der Waals surface area (Å²) >= 11 is 0. The fraction of sp³-hybridized carbons (Fsp3) is 0.333. The van der Waals surface area contributed by atoms with Crippen LogP contribution in [0.25, 0.3) is 0 Å². The zero-order chi connectivity index (χ0) is 12.4. The quantitative estimate of drug-likeness (QED) is 0.717. The molecule has 2 rings (SSSR count). The summed E-state index contributed by atoms with van der Waals surface area (Å²) in [5.74, 6) is -0.492. The Labute approximate surface area is 98.8 Å². The summed E-state index contributed by atoms with van der Waals surface area (Å²) in [4.78, 5) is 22.3. The highest BCUT2D eigenvalue weighted by Crippen LogP contribution is 2.28. The first-order valence-electron chi connectivity index (χ1n) is 5.44. The van der Waals surface area contributed by atoms with Gasteiger partial charge in [-0.2, -0.15) is 0 Å². The molecule has 1 heterocycles. The van der Waals surface area contributed by atoms with Crippen LogP contribution in [0.2, 0.25) is 0 Å². The number of nitrogens with one attached hydrogen (secondary N) is 2. The first-order chi connectivity index (χ1) is 8.09. The average Bonchev–Trinajstić information content (AvgIpc) is 2.58. The minimum atomic E-state index is -1.11. The topological polar surface area (TPSA) is 78.4 Å². The van der Waals surface area contributed by atoms with Crippen molar-refractivity contribution in [2.24, 2.45) is 5.92 Å². The first kappa shape index (κ1) is 11.4. The second kappa shape index (κ2) is 4.45. The molecule has 1 aromatic rings. The minimum absolute atomic E-state index is 0.127. The molecule has 1 saturated heterocycles. The van der Waals surface area contributed by atoms with E-state index in [2.05, 4.69) is 10.6 Å². The van der Waals surface area contributed by atoms with Gasteiger partial charge in [0.15, 0.2) is 0 Å². The smallest absolute Gasteiger partial charge is 0.404 e. The van der Waals surface area contributed by atoms with Gasteiger partial charge in [0.2, 0.25) is 5.91 Å².